The number of amides is 1. The molecule has 2 unspecified atom stereocenters. The van der Waals surface area contributed by atoms with Crippen molar-refractivity contribution in [2.75, 3.05) is 6.67 Å². The second kappa shape index (κ2) is 3.89. The van der Waals surface area contributed by atoms with Crippen LogP contribution in [0, 0.1) is 5.92 Å². The molecule has 1 saturated carbocycles. The van der Waals surface area contributed by atoms with Gasteiger partial charge in [-0.05, 0) is 32.6 Å². The van der Waals surface area contributed by atoms with E-state index in [4.69, 9.17) is 0 Å². The summed E-state index contributed by atoms with van der Waals surface area (Å²) in [6, 6.07) is 0.460. The lowest BCUT2D eigenvalue weighted by atomic mass is 9.98. The van der Waals surface area contributed by atoms with E-state index in [-0.39, 0.29) is 11.9 Å². The Morgan fingerprint density at radius 2 is 2.07 bits per heavy atom. The molecular formula is C11H20N2O. The smallest absolute Gasteiger partial charge is 0.240 e. The molecule has 0 spiro atoms. The quantitative estimate of drug-likeness (QED) is 0.723. The molecule has 0 aromatic carbocycles. The van der Waals surface area contributed by atoms with Gasteiger partial charge in [-0.3, -0.25) is 10.1 Å². The number of hydrogen-bond donors (Lipinski definition) is 1. The molecule has 0 aromatic heterocycles. The van der Waals surface area contributed by atoms with Crippen molar-refractivity contribution in [1.29, 1.82) is 0 Å². The Labute approximate surface area is 85.8 Å². The second-order valence-electron chi connectivity index (χ2n) is 4.68. The van der Waals surface area contributed by atoms with Crippen LogP contribution in [0.15, 0.2) is 0 Å². The number of nitrogens with zero attached hydrogens (tertiary/aromatic N) is 1. The largest absolute Gasteiger partial charge is 0.326 e. The van der Waals surface area contributed by atoms with Gasteiger partial charge < -0.3 is 4.90 Å². The van der Waals surface area contributed by atoms with Gasteiger partial charge in [0.15, 0.2) is 0 Å². The first-order valence-electron chi connectivity index (χ1n) is 5.74. The summed E-state index contributed by atoms with van der Waals surface area (Å²) in [7, 11) is 0. The number of carbonyl (C=O) groups excluding carboxylic acids is 1. The zero-order valence-electron chi connectivity index (χ0n) is 9.12. The highest BCUT2D eigenvalue weighted by Crippen LogP contribution is 2.30. The van der Waals surface area contributed by atoms with E-state index in [0.717, 1.165) is 12.6 Å². The normalized spacial score (nSPS) is 31.4. The minimum atomic E-state index is 0.0267. The van der Waals surface area contributed by atoms with E-state index < -0.39 is 0 Å². The van der Waals surface area contributed by atoms with Crippen LogP contribution in [0.25, 0.3) is 0 Å². The van der Waals surface area contributed by atoms with Gasteiger partial charge in [-0.25, -0.2) is 0 Å². The molecule has 1 aliphatic carbocycles. The molecule has 3 nitrogen and oxygen atoms in total. The minimum Gasteiger partial charge on any atom is -0.326 e. The molecule has 1 N–H and O–H groups in total. The molecule has 0 radical (unpaired) electrons. The van der Waals surface area contributed by atoms with Crippen LogP contribution in [0.1, 0.15) is 39.5 Å². The van der Waals surface area contributed by atoms with Gasteiger partial charge in [0, 0.05) is 6.04 Å². The van der Waals surface area contributed by atoms with E-state index in [9.17, 15) is 4.79 Å². The van der Waals surface area contributed by atoms with Gasteiger partial charge in [-0.15, -0.1) is 0 Å². The summed E-state index contributed by atoms with van der Waals surface area (Å²) < 4.78 is 0. The number of nitrogens with one attached hydrogen (secondary N) is 1. The molecule has 1 heterocycles. The monoisotopic (exact) mass is 196 g/mol. The van der Waals surface area contributed by atoms with E-state index in [1.165, 1.54) is 25.7 Å². The zero-order valence-corrected chi connectivity index (χ0v) is 9.12. The summed E-state index contributed by atoms with van der Waals surface area (Å²) in [4.78, 5) is 13.8. The fourth-order valence-corrected chi connectivity index (χ4v) is 2.69. The molecule has 14 heavy (non-hydrogen) atoms. The third-order valence-corrected chi connectivity index (χ3v) is 3.79. The molecule has 2 fully saturated rings. The van der Waals surface area contributed by atoms with Crippen LogP contribution in [-0.4, -0.2) is 29.6 Å². The van der Waals surface area contributed by atoms with Crippen molar-refractivity contribution in [3.63, 3.8) is 0 Å². The molecule has 1 aliphatic heterocycles. The lowest BCUT2D eigenvalue weighted by Crippen LogP contribution is -2.40. The van der Waals surface area contributed by atoms with Crippen molar-refractivity contribution >= 4 is 5.91 Å². The van der Waals surface area contributed by atoms with Gasteiger partial charge in [0.05, 0.1) is 12.7 Å². The summed E-state index contributed by atoms with van der Waals surface area (Å²) in [6.45, 7) is 4.90. The van der Waals surface area contributed by atoms with Crippen LogP contribution < -0.4 is 5.32 Å². The van der Waals surface area contributed by atoms with Gasteiger partial charge in [0.2, 0.25) is 5.91 Å². The van der Waals surface area contributed by atoms with Crippen molar-refractivity contribution in [2.45, 2.75) is 51.6 Å². The average Bonchev–Trinajstić information content (AvgIpc) is 2.77. The summed E-state index contributed by atoms with van der Waals surface area (Å²) in [6.07, 6.45) is 5.30. The maximum absolute atomic E-state index is 11.8. The first kappa shape index (κ1) is 9.97. The Balaban J connectivity index is 1.97. The fraction of sp³-hybridized carbons (Fsp3) is 0.909. The van der Waals surface area contributed by atoms with E-state index in [1.54, 1.807) is 0 Å². The molecule has 80 valence electrons. The van der Waals surface area contributed by atoms with Gasteiger partial charge >= 0.3 is 0 Å². The van der Waals surface area contributed by atoms with Crippen LogP contribution in [0.5, 0.6) is 0 Å². The van der Waals surface area contributed by atoms with Crippen molar-refractivity contribution in [3.05, 3.63) is 0 Å². The van der Waals surface area contributed by atoms with Gasteiger partial charge in [-0.2, -0.15) is 0 Å². The minimum absolute atomic E-state index is 0.0267. The van der Waals surface area contributed by atoms with E-state index in [0.29, 0.717) is 6.04 Å². The highest BCUT2D eigenvalue weighted by Gasteiger charge is 2.35. The predicted octanol–water partition coefficient (Wildman–Crippen LogP) is 1.34. The van der Waals surface area contributed by atoms with Gasteiger partial charge in [0.25, 0.3) is 0 Å². The fourth-order valence-electron chi connectivity index (χ4n) is 2.69. The maximum atomic E-state index is 11.8. The lowest BCUT2D eigenvalue weighted by molar-refractivity contribution is -0.131. The van der Waals surface area contributed by atoms with Crippen LogP contribution in [0.3, 0.4) is 0 Å². The zero-order chi connectivity index (χ0) is 10.1. The summed E-state index contributed by atoms with van der Waals surface area (Å²) in [5, 5.41) is 3.20. The van der Waals surface area contributed by atoms with Crippen LogP contribution in [0.4, 0.5) is 0 Å². The van der Waals surface area contributed by atoms with Crippen molar-refractivity contribution in [3.8, 4) is 0 Å². The van der Waals surface area contributed by atoms with Crippen LogP contribution in [-0.2, 0) is 4.79 Å². The SMILES string of the molecule is CC1NCN(C(C)C2CCCC2)C1=O. The van der Waals surface area contributed by atoms with E-state index >= 15 is 0 Å². The molecule has 1 amide bonds. The Morgan fingerprint density at radius 3 is 2.57 bits per heavy atom. The third kappa shape index (κ3) is 1.65. The average molecular weight is 196 g/mol. The standard InChI is InChI=1S/C11H20N2O/c1-8-11(14)13(7-12-8)9(2)10-5-3-4-6-10/h8-10,12H,3-7H2,1-2H3. The van der Waals surface area contributed by atoms with Gasteiger partial charge in [-0.1, -0.05) is 12.8 Å². The Hall–Kier alpha value is -0.570. The van der Waals surface area contributed by atoms with E-state index in [1.807, 2.05) is 11.8 Å². The van der Waals surface area contributed by atoms with E-state index in [2.05, 4.69) is 12.2 Å². The lowest BCUT2D eigenvalue weighted by Gasteiger charge is -2.28. The van der Waals surface area contributed by atoms with Crippen LogP contribution >= 0.6 is 0 Å². The topological polar surface area (TPSA) is 32.3 Å². The highest BCUT2D eigenvalue weighted by atomic mass is 16.2. The number of hydrogen-bond acceptors (Lipinski definition) is 2. The Morgan fingerprint density at radius 1 is 1.43 bits per heavy atom. The Bertz CT molecular complexity index is 223. The van der Waals surface area contributed by atoms with Gasteiger partial charge in [0.1, 0.15) is 0 Å². The molecule has 2 atom stereocenters. The summed E-state index contributed by atoms with van der Waals surface area (Å²) >= 11 is 0. The maximum Gasteiger partial charge on any atom is 0.240 e. The first-order valence-corrected chi connectivity index (χ1v) is 5.74. The molecule has 2 rings (SSSR count). The second-order valence-corrected chi connectivity index (χ2v) is 4.68. The molecule has 3 heteroatoms. The van der Waals surface area contributed by atoms with Crippen molar-refractivity contribution < 1.29 is 4.79 Å². The molecule has 1 saturated heterocycles. The third-order valence-electron chi connectivity index (χ3n) is 3.79. The molecule has 0 aromatic rings. The van der Waals surface area contributed by atoms with Crippen LogP contribution in [0.2, 0.25) is 0 Å². The highest BCUT2D eigenvalue weighted by molar-refractivity contribution is 5.83. The Kier molecular flexibility index (Phi) is 2.77. The summed E-state index contributed by atoms with van der Waals surface area (Å²) in [5.41, 5.74) is 0. The number of rotatable bonds is 2. The first-order chi connectivity index (χ1) is 6.70. The molecule has 0 bridgehead atoms. The summed E-state index contributed by atoms with van der Waals surface area (Å²) in [5.74, 6) is 1.02. The predicted molar refractivity (Wildman–Crippen MR) is 55.7 cm³/mol. The molecular weight excluding hydrogens is 176 g/mol. The van der Waals surface area contributed by atoms with Crippen molar-refractivity contribution in [2.24, 2.45) is 5.92 Å². The number of carbonyl (C=O) groups is 1. The van der Waals surface area contributed by atoms with Crippen molar-refractivity contribution in [1.82, 2.24) is 10.2 Å². The molecule has 2 aliphatic rings.